The van der Waals surface area contributed by atoms with Gasteiger partial charge in [-0.15, -0.1) is 5.10 Å². The summed E-state index contributed by atoms with van der Waals surface area (Å²) >= 11 is 0. The maximum absolute atomic E-state index is 10.9. The van der Waals surface area contributed by atoms with Crippen LogP contribution in [-0.2, 0) is 4.79 Å². The van der Waals surface area contributed by atoms with Crippen molar-refractivity contribution >= 4 is 17.4 Å². The molecular formula is C7H9N7O. The van der Waals surface area contributed by atoms with Crippen molar-refractivity contribution in [2.75, 3.05) is 5.32 Å². The van der Waals surface area contributed by atoms with Gasteiger partial charge in [-0.1, -0.05) is 0 Å². The molecule has 0 aliphatic carbocycles. The topological polar surface area (TPSA) is 111 Å². The SMILES string of the molecule is CC(Nc1cncc2nnnn12)C(N)=O. The van der Waals surface area contributed by atoms with Crippen LogP contribution in [0.15, 0.2) is 12.4 Å². The molecule has 2 aromatic heterocycles. The highest BCUT2D eigenvalue weighted by atomic mass is 16.1. The van der Waals surface area contributed by atoms with Gasteiger partial charge in [0, 0.05) is 0 Å². The fourth-order valence-corrected chi connectivity index (χ4v) is 1.07. The normalized spacial score (nSPS) is 12.6. The standard InChI is InChI=1S/C7H9N7O/c1-4(7(8)15)10-5-2-9-3-6-11-12-13-14(5)6/h2-4,10H,1H3,(H2,8,15). The fourth-order valence-electron chi connectivity index (χ4n) is 1.07. The van der Waals surface area contributed by atoms with E-state index in [0.717, 1.165) is 0 Å². The molecule has 0 aliphatic heterocycles. The highest BCUT2D eigenvalue weighted by Crippen LogP contribution is 2.06. The number of nitrogens with zero attached hydrogens (tertiary/aromatic N) is 5. The minimum absolute atomic E-state index is 0.458. The Kier molecular flexibility index (Phi) is 2.16. The summed E-state index contributed by atoms with van der Waals surface area (Å²) in [6.07, 6.45) is 3.03. The van der Waals surface area contributed by atoms with Gasteiger partial charge in [-0.3, -0.25) is 9.78 Å². The first-order valence-corrected chi connectivity index (χ1v) is 4.26. The van der Waals surface area contributed by atoms with Crippen LogP contribution in [-0.4, -0.2) is 37.0 Å². The smallest absolute Gasteiger partial charge is 0.239 e. The molecule has 2 rings (SSSR count). The van der Waals surface area contributed by atoms with Gasteiger partial charge >= 0.3 is 0 Å². The van der Waals surface area contributed by atoms with Crippen molar-refractivity contribution in [2.45, 2.75) is 13.0 Å². The average Bonchev–Trinajstić information content (AvgIpc) is 2.66. The molecule has 1 atom stereocenters. The first-order valence-electron chi connectivity index (χ1n) is 4.26. The summed E-state index contributed by atoms with van der Waals surface area (Å²) in [6.45, 7) is 1.64. The molecule has 3 N–H and O–H groups in total. The first-order chi connectivity index (χ1) is 7.18. The highest BCUT2D eigenvalue weighted by molar-refractivity contribution is 5.82. The Morgan fingerprint density at radius 1 is 1.60 bits per heavy atom. The van der Waals surface area contributed by atoms with Crippen LogP contribution in [0.4, 0.5) is 5.82 Å². The lowest BCUT2D eigenvalue weighted by Crippen LogP contribution is -2.33. The van der Waals surface area contributed by atoms with E-state index >= 15 is 0 Å². The van der Waals surface area contributed by atoms with Gasteiger partial charge < -0.3 is 11.1 Å². The number of amides is 1. The molecule has 1 unspecified atom stereocenters. The second-order valence-electron chi connectivity index (χ2n) is 3.01. The molecule has 0 saturated carbocycles. The number of hydrogen-bond donors (Lipinski definition) is 2. The zero-order chi connectivity index (χ0) is 10.8. The van der Waals surface area contributed by atoms with Gasteiger partial charge in [-0.05, 0) is 17.4 Å². The van der Waals surface area contributed by atoms with Crippen LogP contribution in [0.25, 0.3) is 5.65 Å². The van der Waals surface area contributed by atoms with Crippen LogP contribution in [0.2, 0.25) is 0 Å². The zero-order valence-electron chi connectivity index (χ0n) is 7.95. The number of tetrazole rings is 1. The molecule has 0 fully saturated rings. The van der Waals surface area contributed by atoms with Crippen molar-refractivity contribution in [2.24, 2.45) is 5.73 Å². The largest absolute Gasteiger partial charge is 0.368 e. The van der Waals surface area contributed by atoms with E-state index in [1.165, 1.54) is 16.9 Å². The fraction of sp³-hybridized carbons (Fsp3) is 0.286. The number of nitrogens with two attached hydrogens (primary N) is 1. The summed E-state index contributed by atoms with van der Waals surface area (Å²) in [4.78, 5) is 14.8. The minimum Gasteiger partial charge on any atom is -0.368 e. The third-order valence-electron chi connectivity index (χ3n) is 1.90. The van der Waals surface area contributed by atoms with Crippen molar-refractivity contribution in [1.29, 1.82) is 0 Å². The van der Waals surface area contributed by atoms with E-state index in [1.807, 2.05) is 0 Å². The zero-order valence-corrected chi connectivity index (χ0v) is 7.95. The van der Waals surface area contributed by atoms with Crippen molar-refractivity contribution in [3.8, 4) is 0 Å². The van der Waals surface area contributed by atoms with E-state index < -0.39 is 11.9 Å². The molecule has 8 nitrogen and oxygen atoms in total. The summed E-state index contributed by atoms with van der Waals surface area (Å²) in [6, 6.07) is -0.512. The second kappa shape index (κ2) is 3.48. The van der Waals surface area contributed by atoms with Gasteiger partial charge in [0.1, 0.15) is 6.04 Å². The number of nitrogens with one attached hydrogen (secondary N) is 1. The monoisotopic (exact) mass is 207 g/mol. The minimum atomic E-state index is -0.512. The van der Waals surface area contributed by atoms with Gasteiger partial charge in [0.2, 0.25) is 5.91 Å². The molecule has 0 bridgehead atoms. The number of rotatable bonds is 3. The molecule has 2 heterocycles. The number of carbonyl (C=O) groups is 1. The van der Waals surface area contributed by atoms with Crippen molar-refractivity contribution < 1.29 is 4.79 Å². The Morgan fingerprint density at radius 3 is 3.13 bits per heavy atom. The number of carbonyl (C=O) groups excluding carboxylic acids is 1. The number of anilines is 1. The third kappa shape index (κ3) is 1.68. The predicted octanol–water partition coefficient (Wildman–Crippen LogP) is -1.19. The summed E-state index contributed by atoms with van der Waals surface area (Å²) in [5.74, 6) is 0.0591. The molecule has 0 aromatic carbocycles. The Hall–Kier alpha value is -2.25. The third-order valence-corrected chi connectivity index (χ3v) is 1.90. The molecule has 15 heavy (non-hydrogen) atoms. The van der Waals surface area contributed by atoms with E-state index in [2.05, 4.69) is 25.8 Å². The molecule has 78 valence electrons. The molecule has 0 saturated heterocycles. The Morgan fingerprint density at radius 2 is 2.40 bits per heavy atom. The molecule has 1 amide bonds. The predicted molar refractivity (Wildman–Crippen MR) is 50.9 cm³/mol. The van der Waals surface area contributed by atoms with Crippen molar-refractivity contribution in [1.82, 2.24) is 25.0 Å². The van der Waals surface area contributed by atoms with E-state index in [1.54, 1.807) is 6.92 Å². The van der Waals surface area contributed by atoms with Gasteiger partial charge in [0.25, 0.3) is 0 Å². The van der Waals surface area contributed by atoms with Crippen molar-refractivity contribution in [3.63, 3.8) is 0 Å². The lowest BCUT2D eigenvalue weighted by molar-refractivity contribution is -0.118. The van der Waals surface area contributed by atoms with Crippen LogP contribution in [0.3, 0.4) is 0 Å². The maximum Gasteiger partial charge on any atom is 0.239 e. The van der Waals surface area contributed by atoms with Gasteiger partial charge in [0.15, 0.2) is 11.5 Å². The number of primary amides is 1. The van der Waals surface area contributed by atoms with Crippen molar-refractivity contribution in [3.05, 3.63) is 12.4 Å². The second-order valence-corrected chi connectivity index (χ2v) is 3.01. The van der Waals surface area contributed by atoms with E-state index in [4.69, 9.17) is 5.73 Å². The maximum atomic E-state index is 10.9. The van der Waals surface area contributed by atoms with Crippen LogP contribution in [0, 0.1) is 0 Å². The van der Waals surface area contributed by atoms with Crippen LogP contribution in [0.5, 0.6) is 0 Å². The lowest BCUT2D eigenvalue weighted by Gasteiger charge is -2.10. The molecule has 2 aromatic rings. The molecule has 0 aliphatic rings. The number of aromatic nitrogens is 5. The molecular weight excluding hydrogens is 198 g/mol. The Labute approximate surface area is 84.5 Å². The summed E-state index contributed by atoms with van der Waals surface area (Å²) < 4.78 is 1.44. The number of fused-ring (bicyclic) bond motifs is 1. The Bertz CT molecular complexity index is 493. The molecule has 0 radical (unpaired) electrons. The quantitative estimate of drug-likeness (QED) is 0.654. The van der Waals surface area contributed by atoms with Crippen LogP contribution < -0.4 is 11.1 Å². The highest BCUT2D eigenvalue weighted by Gasteiger charge is 2.11. The van der Waals surface area contributed by atoms with Crippen LogP contribution >= 0.6 is 0 Å². The molecule has 0 spiro atoms. The van der Waals surface area contributed by atoms with E-state index in [0.29, 0.717) is 11.5 Å². The van der Waals surface area contributed by atoms with Gasteiger partial charge in [0.05, 0.1) is 12.4 Å². The first kappa shape index (κ1) is 9.31. The van der Waals surface area contributed by atoms with E-state index in [9.17, 15) is 4.79 Å². The van der Waals surface area contributed by atoms with Gasteiger partial charge in [-0.2, -0.15) is 4.52 Å². The lowest BCUT2D eigenvalue weighted by atomic mass is 10.3. The summed E-state index contributed by atoms with van der Waals surface area (Å²) in [5.41, 5.74) is 5.62. The summed E-state index contributed by atoms with van der Waals surface area (Å²) in [7, 11) is 0. The summed E-state index contributed by atoms with van der Waals surface area (Å²) in [5, 5.41) is 13.8. The van der Waals surface area contributed by atoms with Gasteiger partial charge in [-0.25, -0.2) is 0 Å². The van der Waals surface area contributed by atoms with Crippen LogP contribution in [0.1, 0.15) is 6.92 Å². The molecule has 8 heteroatoms. The average molecular weight is 207 g/mol. The van der Waals surface area contributed by atoms with E-state index in [-0.39, 0.29) is 0 Å². The number of hydrogen-bond acceptors (Lipinski definition) is 6. The Balaban J connectivity index is 2.35.